The van der Waals surface area contributed by atoms with Gasteiger partial charge in [-0.1, -0.05) is 15.9 Å². The second kappa shape index (κ2) is 4.37. The molecular formula is C12H12BrN3O2. The predicted molar refractivity (Wildman–Crippen MR) is 72.9 cm³/mol. The topological polar surface area (TPSA) is 66.9 Å². The van der Waals surface area contributed by atoms with Crippen molar-refractivity contribution >= 4 is 26.8 Å². The van der Waals surface area contributed by atoms with Crippen LogP contribution in [0.5, 0.6) is 0 Å². The van der Waals surface area contributed by atoms with Gasteiger partial charge in [-0.05, 0) is 18.2 Å². The van der Waals surface area contributed by atoms with E-state index in [1.807, 2.05) is 0 Å². The van der Waals surface area contributed by atoms with E-state index in [2.05, 4.69) is 26.2 Å². The van der Waals surface area contributed by atoms with E-state index in [0.717, 1.165) is 17.6 Å². The van der Waals surface area contributed by atoms with Gasteiger partial charge in [0.1, 0.15) is 0 Å². The fourth-order valence-electron chi connectivity index (χ4n) is 2.13. The second-order valence-corrected chi connectivity index (χ2v) is 5.48. The number of fused-ring (bicyclic) bond motifs is 1. The van der Waals surface area contributed by atoms with E-state index in [1.54, 1.807) is 18.2 Å². The van der Waals surface area contributed by atoms with E-state index in [0.29, 0.717) is 23.4 Å². The van der Waals surface area contributed by atoms with Crippen LogP contribution < -0.4 is 16.6 Å². The van der Waals surface area contributed by atoms with Crippen LogP contribution in [0.15, 0.2) is 32.3 Å². The first-order valence-electron chi connectivity index (χ1n) is 5.78. The maximum atomic E-state index is 12.2. The van der Waals surface area contributed by atoms with E-state index in [-0.39, 0.29) is 11.2 Å². The van der Waals surface area contributed by atoms with Crippen molar-refractivity contribution in [2.45, 2.75) is 6.54 Å². The molecule has 0 aliphatic carbocycles. The van der Waals surface area contributed by atoms with Gasteiger partial charge in [0.2, 0.25) is 0 Å². The van der Waals surface area contributed by atoms with Gasteiger partial charge in [-0.3, -0.25) is 9.36 Å². The van der Waals surface area contributed by atoms with Crippen LogP contribution in [0.1, 0.15) is 0 Å². The van der Waals surface area contributed by atoms with Gasteiger partial charge < -0.3 is 10.3 Å². The lowest BCUT2D eigenvalue weighted by Gasteiger charge is -2.27. The van der Waals surface area contributed by atoms with Crippen molar-refractivity contribution < 1.29 is 0 Å². The summed E-state index contributed by atoms with van der Waals surface area (Å²) < 4.78 is 2.13. The van der Waals surface area contributed by atoms with E-state index in [9.17, 15) is 9.59 Å². The highest BCUT2D eigenvalue weighted by atomic mass is 79.9. The Morgan fingerprint density at radius 2 is 2.11 bits per heavy atom. The lowest BCUT2D eigenvalue weighted by atomic mass is 10.0. The molecule has 6 heteroatoms. The monoisotopic (exact) mass is 309 g/mol. The zero-order chi connectivity index (χ0) is 12.7. The molecule has 0 radical (unpaired) electrons. The number of halogens is 1. The number of rotatable bonds is 2. The number of aromatic nitrogens is 2. The smallest absolute Gasteiger partial charge is 0.316 e. The first-order chi connectivity index (χ1) is 8.65. The Kier molecular flexibility index (Phi) is 2.83. The molecule has 18 heavy (non-hydrogen) atoms. The molecule has 2 aromatic rings. The number of hydrogen-bond donors (Lipinski definition) is 2. The van der Waals surface area contributed by atoms with Crippen LogP contribution in [0.4, 0.5) is 0 Å². The first kappa shape index (κ1) is 11.7. The Labute approximate surface area is 111 Å². The van der Waals surface area contributed by atoms with Gasteiger partial charge in [0, 0.05) is 30.0 Å². The third kappa shape index (κ3) is 1.91. The minimum absolute atomic E-state index is 0.215. The van der Waals surface area contributed by atoms with Crippen molar-refractivity contribution in [3.05, 3.63) is 43.5 Å². The third-order valence-electron chi connectivity index (χ3n) is 3.25. The van der Waals surface area contributed by atoms with Crippen LogP contribution in [-0.4, -0.2) is 22.6 Å². The normalized spacial score (nSPS) is 15.8. The van der Waals surface area contributed by atoms with Crippen LogP contribution in [0.2, 0.25) is 0 Å². The van der Waals surface area contributed by atoms with Gasteiger partial charge in [0.05, 0.1) is 10.9 Å². The first-order valence-corrected chi connectivity index (χ1v) is 6.57. The molecule has 94 valence electrons. The fraction of sp³-hybridized carbons (Fsp3) is 0.333. The van der Waals surface area contributed by atoms with Gasteiger partial charge >= 0.3 is 5.69 Å². The van der Waals surface area contributed by atoms with Crippen molar-refractivity contribution in [1.29, 1.82) is 0 Å². The molecule has 1 saturated heterocycles. The Morgan fingerprint density at radius 1 is 1.33 bits per heavy atom. The average molecular weight is 310 g/mol. The molecule has 0 amide bonds. The maximum absolute atomic E-state index is 12.2. The average Bonchev–Trinajstić information content (AvgIpc) is 2.25. The van der Waals surface area contributed by atoms with Crippen LogP contribution in [-0.2, 0) is 6.54 Å². The largest absolute Gasteiger partial charge is 0.328 e. The highest BCUT2D eigenvalue weighted by molar-refractivity contribution is 9.10. The molecule has 0 spiro atoms. The molecule has 2 N–H and O–H groups in total. The molecule has 0 saturated carbocycles. The van der Waals surface area contributed by atoms with Crippen LogP contribution in [0.25, 0.3) is 10.9 Å². The summed E-state index contributed by atoms with van der Waals surface area (Å²) in [6, 6.07) is 5.28. The Morgan fingerprint density at radius 3 is 2.78 bits per heavy atom. The highest BCUT2D eigenvalue weighted by Crippen LogP contribution is 2.14. The summed E-state index contributed by atoms with van der Waals surface area (Å²) in [5.74, 6) is 0.372. The summed E-state index contributed by atoms with van der Waals surface area (Å²) in [6.45, 7) is 2.21. The van der Waals surface area contributed by atoms with Gasteiger partial charge in [-0.15, -0.1) is 0 Å². The molecule has 0 bridgehead atoms. The Hall–Kier alpha value is -1.40. The van der Waals surface area contributed by atoms with E-state index in [1.165, 1.54) is 4.57 Å². The zero-order valence-corrected chi connectivity index (χ0v) is 11.2. The number of benzene rings is 1. The molecule has 1 aromatic carbocycles. The molecule has 2 heterocycles. The van der Waals surface area contributed by atoms with Gasteiger partial charge in [0.25, 0.3) is 5.56 Å². The van der Waals surface area contributed by atoms with Gasteiger partial charge in [0.15, 0.2) is 0 Å². The van der Waals surface area contributed by atoms with Crippen LogP contribution in [0.3, 0.4) is 0 Å². The molecule has 1 aromatic heterocycles. The minimum Gasteiger partial charge on any atom is -0.316 e. The van der Waals surface area contributed by atoms with E-state index < -0.39 is 0 Å². The van der Waals surface area contributed by atoms with Crippen LogP contribution >= 0.6 is 15.9 Å². The highest BCUT2D eigenvalue weighted by Gasteiger charge is 2.19. The van der Waals surface area contributed by atoms with Crippen molar-refractivity contribution in [2.24, 2.45) is 5.92 Å². The van der Waals surface area contributed by atoms with Crippen molar-refractivity contribution in [3.63, 3.8) is 0 Å². The van der Waals surface area contributed by atoms with Gasteiger partial charge in [-0.2, -0.15) is 0 Å². The summed E-state index contributed by atoms with van der Waals surface area (Å²) >= 11 is 3.32. The second-order valence-electron chi connectivity index (χ2n) is 4.56. The third-order valence-corrected chi connectivity index (χ3v) is 3.74. The summed E-state index contributed by atoms with van der Waals surface area (Å²) in [4.78, 5) is 26.9. The molecule has 0 atom stereocenters. The van der Waals surface area contributed by atoms with Crippen LogP contribution in [0, 0.1) is 5.92 Å². The molecule has 3 rings (SSSR count). The number of nitrogens with zero attached hydrogens (tertiary/aromatic N) is 1. The van der Waals surface area contributed by atoms with Crippen molar-refractivity contribution in [2.75, 3.05) is 13.1 Å². The summed E-state index contributed by atoms with van der Waals surface area (Å²) in [5, 5.41) is 3.68. The molecule has 5 nitrogen and oxygen atoms in total. The van der Waals surface area contributed by atoms with E-state index in [4.69, 9.17) is 0 Å². The summed E-state index contributed by atoms with van der Waals surface area (Å²) in [5.41, 5.74) is 0.0213. The molecule has 0 unspecified atom stereocenters. The number of nitrogens with one attached hydrogen (secondary N) is 2. The molecule has 1 aliphatic rings. The Bertz CT molecular complexity index is 715. The van der Waals surface area contributed by atoms with Crippen molar-refractivity contribution in [3.8, 4) is 0 Å². The lowest BCUT2D eigenvalue weighted by molar-refractivity contribution is 0.299. The number of H-pyrrole nitrogens is 1. The number of hydrogen-bond acceptors (Lipinski definition) is 3. The van der Waals surface area contributed by atoms with Crippen molar-refractivity contribution in [1.82, 2.24) is 14.9 Å². The summed E-state index contributed by atoms with van der Waals surface area (Å²) in [7, 11) is 0. The summed E-state index contributed by atoms with van der Waals surface area (Å²) in [6.07, 6.45) is 0. The molecule has 1 aliphatic heterocycles. The van der Waals surface area contributed by atoms with Gasteiger partial charge in [-0.25, -0.2) is 4.79 Å². The molecular weight excluding hydrogens is 298 g/mol. The maximum Gasteiger partial charge on any atom is 0.328 e. The Balaban J connectivity index is 2.17. The quantitative estimate of drug-likeness (QED) is 0.857. The molecule has 1 fully saturated rings. The SMILES string of the molecule is O=c1[nH]c2cc(Br)ccc2c(=O)n1CC1CNC1. The standard InChI is InChI=1S/C12H12BrN3O2/c13-8-1-2-9-10(3-8)15-12(18)16(11(9)17)6-7-4-14-5-7/h1-3,7,14H,4-6H2,(H,15,18). The fourth-order valence-corrected chi connectivity index (χ4v) is 2.49. The zero-order valence-electron chi connectivity index (χ0n) is 9.57. The lowest BCUT2D eigenvalue weighted by Crippen LogP contribution is -2.48. The predicted octanol–water partition coefficient (Wildman–Crippen LogP) is 0.672. The number of aromatic amines is 1. The minimum atomic E-state index is -0.336. The van der Waals surface area contributed by atoms with E-state index >= 15 is 0 Å².